The van der Waals surface area contributed by atoms with Crippen LogP contribution in [-0.4, -0.2) is 17.3 Å². The van der Waals surface area contributed by atoms with Crippen molar-refractivity contribution in [3.8, 4) is 0 Å². The summed E-state index contributed by atoms with van der Waals surface area (Å²) in [7, 11) is 0. The van der Waals surface area contributed by atoms with E-state index in [4.69, 9.17) is 0 Å². The van der Waals surface area contributed by atoms with Gasteiger partial charge in [-0.2, -0.15) is 0 Å². The Balaban J connectivity index is 3.58. The van der Waals surface area contributed by atoms with Gasteiger partial charge in [0.05, 0.1) is 6.42 Å². The lowest BCUT2D eigenvalue weighted by Gasteiger charge is -1.97. The molecule has 0 fully saturated rings. The fourth-order valence-electron chi connectivity index (χ4n) is 1.05. The summed E-state index contributed by atoms with van der Waals surface area (Å²) in [6.07, 6.45) is 1.84. The Bertz CT molecular complexity index is 206. The van der Waals surface area contributed by atoms with E-state index in [0.717, 1.165) is 6.42 Å². The van der Waals surface area contributed by atoms with E-state index in [1.807, 2.05) is 6.92 Å². The fourth-order valence-corrected chi connectivity index (χ4v) is 1.05. The summed E-state index contributed by atoms with van der Waals surface area (Å²) in [5.41, 5.74) is 0. The molecule has 0 N–H and O–H groups in total. The van der Waals surface area contributed by atoms with Gasteiger partial charge < -0.3 is 0 Å². The quantitative estimate of drug-likeness (QED) is 0.566. The minimum Gasteiger partial charge on any atom is -0.300 e. The zero-order valence-electron chi connectivity index (χ0n) is 8.26. The average Bonchev–Trinajstić information content (AvgIpc) is 2.00. The van der Waals surface area contributed by atoms with Crippen LogP contribution in [-0.2, 0) is 14.4 Å². The van der Waals surface area contributed by atoms with Gasteiger partial charge in [0.25, 0.3) is 0 Å². The summed E-state index contributed by atoms with van der Waals surface area (Å²) in [6, 6.07) is 0. The molecule has 0 aromatic rings. The Morgan fingerprint density at radius 2 is 1.46 bits per heavy atom. The first kappa shape index (κ1) is 12.0. The number of Topliss-reactive ketones (excluding diaryl/α,β-unsaturated/α-hetero) is 3. The lowest BCUT2D eigenvalue weighted by atomic mass is 10.1. The van der Waals surface area contributed by atoms with Crippen molar-refractivity contribution >= 4 is 17.3 Å². The van der Waals surface area contributed by atoms with Gasteiger partial charge in [-0.1, -0.05) is 6.92 Å². The molecule has 0 radical (unpaired) electrons. The second-order valence-corrected chi connectivity index (χ2v) is 3.21. The van der Waals surface area contributed by atoms with Crippen molar-refractivity contribution in [1.82, 2.24) is 0 Å². The zero-order valence-corrected chi connectivity index (χ0v) is 8.26. The molecule has 0 aliphatic carbocycles. The molecular formula is C10H16O3. The Kier molecular flexibility index (Phi) is 6.02. The minimum atomic E-state index is -0.132. The molecule has 0 rings (SSSR count). The van der Waals surface area contributed by atoms with Crippen LogP contribution in [0.15, 0.2) is 0 Å². The van der Waals surface area contributed by atoms with Crippen LogP contribution < -0.4 is 0 Å². The third-order valence-electron chi connectivity index (χ3n) is 1.66. The Labute approximate surface area is 78.5 Å². The molecule has 0 bridgehead atoms. The number of ketones is 3. The van der Waals surface area contributed by atoms with E-state index in [0.29, 0.717) is 12.8 Å². The van der Waals surface area contributed by atoms with Crippen LogP contribution in [0, 0.1) is 0 Å². The predicted molar refractivity (Wildman–Crippen MR) is 49.5 cm³/mol. The van der Waals surface area contributed by atoms with Crippen LogP contribution in [0.1, 0.15) is 46.0 Å². The van der Waals surface area contributed by atoms with Gasteiger partial charge in [0.15, 0.2) is 0 Å². The van der Waals surface area contributed by atoms with Gasteiger partial charge in [-0.15, -0.1) is 0 Å². The maximum Gasteiger partial charge on any atom is 0.140 e. The highest BCUT2D eigenvalue weighted by Gasteiger charge is 2.07. The normalized spacial score (nSPS) is 9.69. The molecule has 0 aromatic carbocycles. The lowest BCUT2D eigenvalue weighted by Crippen LogP contribution is -2.07. The van der Waals surface area contributed by atoms with Crippen LogP contribution in [0.4, 0.5) is 0 Å². The first-order valence-corrected chi connectivity index (χ1v) is 4.59. The van der Waals surface area contributed by atoms with Crippen molar-refractivity contribution in [2.45, 2.75) is 46.0 Å². The van der Waals surface area contributed by atoms with Gasteiger partial charge in [-0.25, -0.2) is 0 Å². The third-order valence-corrected chi connectivity index (χ3v) is 1.66. The van der Waals surface area contributed by atoms with E-state index in [9.17, 15) is 14.4 Å². The molecule has 0 saturated carbocycles. The highest BCUT2D eigenvalue weighted by atomic mass is 16.1. The lowest BCUT2D eigenvalue weighted by molar-refractivity contribution is -0.128. The second-order valence-electron chi connectivity index (χ2n) is 3.21. The van der Waals surface area contributed by atoms with Gasteiger partial charge in [0.1, 0.15) is 17.3 Å². The second kappa shape index (κ2) is 6.52. The van der Waals surface area contributed by atoms with Crippen LogP contribution in [0.2, 0.25) is 0 Å². The number of hydrogen-bond donors (Lipinski definition) is 0. The van der Waals surface area contributed by atoms with Crippen molar-refractivity contribution in [3.05, 3.63) is 0 Å². The SMILES string of the molecule is CCCC(=O)CCC(=O)CC(C)=O. The summed E-state index contributed by atoms with van der Waals surface area (Å²) in [5.74, 6) is -0.149. The molecule has 0 spiro atoms. The largest absolute Gasteiger partial charge is 0.300 e. The molecular weight excluding hydrogens is 168 g/mol. The van der Waals surface area contributed by atoms with Crippen LogP contribution in [0.3, 0.4) is 0 Å². The highest BCUT2D eigenvalue weighted by Crippen LogP contribution is 2.01. The topological polar surface area (TPSA) is 51.2 Å². The molecule has 0 unspecified atom stereocenters. The molecule has 3 nitrogen and oxygen atoms in total. The molecule has 74 valence electrons. The Morgan fingerprint density at radius 3 is 1.92 bits per heavy atom. The van der Waals surface area contributed by atoms with E-state index in [1.165, 1.54) is 6.92 Å². The fraction of sp³-hybridized carbons (Fsp3) is 0.700. The van der Waals surface area contributed by atoms with Gasteiger partial charge in [-0.05, 0) is 13.3 Å². The molecule has 0 atom stereocenters. The molecule has 13 heavy (non-hydrogen) atoms. The maximum absolute atomic E-state index is 11.0. The summed E-state index contributed by atoms with van der Waals surface area (Å²) in [5, 5.41) is 0. The van der Waals surface area contributed by atoms with Gasteiger partial charge in [-0.3, -0.25) is 14.4 Å². The van der Waals surface area contributed by atoms with Crippen molar-refractivity contribution in [1.29, 1.82) is 0 Å². The average molecular weight is 184 g/mol. The number of carbonyl (C=O) groups is 3. The number of rotatable bonds is 7. The van der Waals surface area contributed by atoms with Crippen molar-refractivity contribution in [2.24, 2.45) is 0 Å². The van der Waals surface area contributed by atoms with Gasteiger partial charge in [0.2, 0.25) is 0 Å². The minimum absolute atomic E-state index is 0.0284. The first-order chi connectivity index (χ1) is 6.06. The van der Waals surface area contributed by atoms with Crippen molar-refractivity contribution in [2.75, 3.05) is 0 Å². The van der Waals surface area contributed by atoms with E-state index < -0.39 is 0 Å². The molecule has 0 aromatic heterocycles. The predicted octanol–water partition coefficient (Wildman–Crippen LogP) is 1.68. The Hall–Kier alpha value is -0.990. The van der Waals surface area contributed by atoms with E-state index in [2.05, 4.69) is 0 Å². The molecule has 0 aliphatic rings. The van der Waals surface area contributed by atoms with E-state index in [1.54, 1.807) is 0 Å². The summed E-state index contributed by atoms with van der Waals surface area (Å²) in [4.78, 5) is 32.5. The number of carbonyl (C=O) groups excluding carboxylic acids is 3. The van der Waals surface area contributed by atoms with E-state index in [-0.39, 0.29) is 30.2 Å². The van der Waals surface area contributed by atoms with Crippen LogP contribution in [0.25, 0.3) is 0 Å². The molecule has 0 amide bonds. The van der Waals surface area contributed by atoms with E-state index >= 15 is 0 Å². The standard InChI is InChI=1S/C10H16O3/c1-3-4-9(12)5-6-10(13)7-8(2)11/h3-7H2,1-2H3. The van der Waals surface area contributed by atoms with Crippen LogP contribution in [0.5, 0.6) is 0 Å². The third kappa shape index (κ3) is 7.37. The van der Waals surface area contributed by atoms with Gasteiger partial charge in [0, 0.05) is 19.3 Å². The molecule has 0 heterocycles. The zero-order chi connectivity index (χ0) is 10.3. The number of hydrogen-bond acceptors (Lipinski definition) is 3. The molecule has 0 saturated heterocycles. The maximum atomic E-state index is 11.0. The van der Waals surface area contributed by atoms with Crippen molar-refractivity contribution < 1.29 is 14.4 Å². The van der Waals surface area contributed by atoms with Gasteiger partial charge >= 0.3 is 0 Å². The van der Waals surface area contributed by atoms with Crippen LogP contribution >= 0.6 is 0 Å². The monoisotopic (exact) mass is 184 g/mol. The summed E-state index contributed by atoms with van der Waals surface area (Å²) in [6.45, 7) is 3.31. The summed E-state index contributed by atoms with van der Waals surface area (Å²) >= 11 is 0. The molecule has 3 heteroatoms. The molecule has 0 aliphatic heterocycles. The summed E-state index contributed by atoms with van der Waals surface area (Å²) < 4.78 is 0. The van der Waals surface area contributed by atoms with Crippen molar-refractivity contribution in [3.63, 3.8) is 0 Å². The Morgan fingerprint density at radius 1 is 0.923 bits per heavy atom. The highest BCUT2D eigenvalue weighted by molar-refractivity contribution is 5.99. The smallest absolute Gasteiger partial charge is 0.140 e. The first-order valence-electron chi connectivity index (χ1n) is 4.59.